The molecule has 0 fully saturated rings. The summed E-state index contributed by atoms with van der Waals surface area (Å²) in [4.78, 5) is 0. The van der Waals surface area contributed by atoms with Crippen LogP contribution >= 0.6 is 0 Å². The minimum atomic E-state index is 0. The average molecular weight is 1800 g/mol. The molecule has 140 heavy (non-hydrogen) atoms. The first kappa shape index (κ1) is 87.3. The minimum absolute atomic E-state index is 0. The Hall–Kier alpha value is -18.0. The highest BCUT2D eigenvalue weighted by molar-refractivity contribution is 6.26. The Bertz CT molecular complexity index is 8970. The van der Waals surface area contributed by atoms with E-state index in [1.54, 1.807) is 0 Å². The summed E-state index contributed by atoms with van der Waals surface area (Å²) >= 11 is 0. The molecule has 0 N–H and O–H groups in total. The van der Waals surface area contributed by atoms with E-state index in [1.807, 2.05) is 14.1 Å². The van der Waals surface area contributed by atoms with E-state index in [2.05, 4.69) is 575 Å². The van der Waals surface area contributed by atoms with Gasteiger partial charge in [0.25, 0.3) is 5.82 Å². The zero-order valence-corrected chi connectivity index (χ0v) is 77.9. The molecule has 0 amide bonds. The third kappa shape index (κ3) is 16.5. The van der Waals surface area contributed by atoms with E-state index in [-0.39, 0.29) is 7.43 Å². The second kappa shape index (κ2) is 38.4. The molecule has 0 radical (unpaired) electrons. The van der Waals surface area contributed by atoms with Gasteiger partial charge in [-0.15, -0.1) is 0 Å². The molecule has 0 atom stereocenters. The molecule has 0 aliphatic heterocycles. The summed E-state index contributed by atoms with van der Waals surface area (Å²) in [7, 11) is 8.32. The topological polar surface area (TPSA) is 30.3 Å². The summed E-state index contributed by atoms with van der Waals surface area (Å²) in [6.07, 6.45) is 16.7. The number of para-hydroxylation sites is 3. The number of fused-ring (bicyclic) bond motifs is 9. The number of aryl methyl sites for hydroxylation is 4. The smallest absolute Gasteiger partial charge is 0.239 e. The molecule has 0 spiro atoms. The van der Waals surface area contributed by atoms with Crippen LogP contribution in [-0.4, -0.2) is 13.7 Å². The largest absolute Gasteiger partial charge is 0.294 e. The van der Waals surface area contributed by atoms with E-state index in [0.717, 1.165) is 22.9 Å². The molecule has 7 nitrogen and oxygen atoms in total. The van der Waals surface area contributed by atoms with Crippen molar-refractivity contribution in [3.63, 3.8) is 0 Å². The molecule has 0 aliphatic carbocycles. The van der Waals surface area contributed by atoms with Gasteiger partial charge in [0.05, 0.1) is 26.7 Å². The molecule has 4 heterocycles. The number of nitrogens with zero attached hydrogens (tertiary/aromatic N) is 7. The van der Waals surface area contributed by atoms with Gasteiger partial charge >= 0.3 is 0 Å². The van der Waals surface area contributed by atoms with E-state index in [1.165, 1.54) is 203 Å². The molecule has 0 unspecified atom stereocenters. The Balaban J connectivity index is 0.000000108. The van der Waals surface area contributed by atoms with Gasteiger partial charge in [-0.1, -0.05) is 402 Å². The van der Waals surface area contributed by atoms with Crippen LogP contribution in [0.2, 0.25) is 0 Å². The summed E-state index contributed by atoms with van der Waals surface area (Å²) in [5.74, 6) is 1.15. The van der Waals surface area contributed by atoms with Gasteiger partial charge < -0.3 is 0 Å². The van der Waals surface area contributed by atoms with Crippen molar-refractivity contribution in [2.24, 2.45) is 28.2 Å². The monoisotopic (exact) mass is 1800 g/mol. The van der Waals surface area contributed by atoms with Crippen molar-refractivity contribution in [3.8, 4) is 129 Å². The summed E-state index contributed by atoms with van der Waals surface area (Å²) in [6.45, 7) is 0. The molecule has 26 rings (SSSR count). The van der Waals surface area contributed by atoms with Crippen molar-refractivity contribution in [1.29, 1.82) is 0 Å². The van der Waals surface area contributed by atoms with E-state index < -0.39 is 0 Å². The maximum absolute atomic E-state index is 2.41. The van der Waals surface area contributed by atoms with Gasteiger partial charge in [-0.05, 0) is 259 Å². The highest BCUT2D eigenvalue weighted by atomic mass is 15.2. The van der Waals surface area contributed by atoms with Crippen molar-refractivity contribution in [1.82, 2.24) is 13.7 Å². The molecular formula is C133H103N7+4. The second-order valence-electron chi connectivity index (χ2n) is 35.9. The van der Waals surface area contributed by atoms with Gasteiger partial charge in [-0.3, -0.25) is 0 Å². The van der Waals surface area contributed by atoms with Crippen molar-refractivity contribution >= 4 is 97.2 Å². The number of benzene rings is 22. The van der Waals surface area contributed by atoms with Crippen molar-refractivity contribution in [3.05, 3.63) is 529 Å². The normalized spacial score (nSPS) is 11.2. The molecule has 4 aromatic heterocycles. The van der Waals surface area contributed by atoms with Crippen molar-refractivity contribution < 1.29 is 18.3 Å². The van der Waals surface area contributed by atoms with Gasteiger partial charge in [-0.2, -0.15) is 4.57 Å². The lowest BCUT2D eigenvalue weighted by molar-refractivity contribution is -0.671. The molecule has 26 aromatic rings. The fourth-order valence-corrected chi connectivity index (χ4v) is 21.0. The van der Waals surface area contributed by atoms with Gasteiger partial charge in [-0.25, -0.2) is 27.4 Å². The summed E-state index contributed by atoms with van der Waals surface area (Å²) in [5.41, 5.74) is 29.7. The van der Waals surface area contributed by atoms with Gasteiger partial charge in [0.15, 0.2) is 23.4 Å². The number of pyridine rings is 1. The maximum Gasteiger partial charge on any atom is 0.294 e. The van der Waals surface area contributed by atoms with Crippen LogP contribution in [0.1, 0.15) is 7.43 Å². The van der Waals surface area contributed by atoms with Crippen LogP contribution in [0.4, 0.5) is 0 Å². The lowest BCUT2D eigenvalue weighted by atomic mass is 9.85. The fourth-order valence-electron chi connectivity index (χ4n) is 21.0. The predicted molar refractivity (Wildman–Crippen MR) is 587 cm³/mol. The molecule has 0 aliphatic rings. The Morgan fingerprint density at radius 1 is 0.171 bits per heavy atom. The van der Waals surface area contributed by atoms with Crippen molar-refractivity contribution in [2.75, 3.05) is 0 Å². The predicted octanol–water partition coefficient (Wildman–Crippen LogP) is 32.1. The molecule has 666 valence electrons. The van der Waals surface area contributed by atoms with E-state index in [0.29, 0.717) is 0 Å². The summed E-state index contributed by atoms with van der Waals surface area (Å²) in [5, 5.41) is 20.4. The first-order valence-electron chi connectivity index (χ1n) is 47.6. The van der Waals surface area contributed by atoms with Crippen LogP contribution in [0.5, 0.6) is 0 Å². The SMILES string of the molecule is C.C[n+]1c(-c2ccc3c(-c4ccccc4)c4ccccc4c(-c4ccccc4)c3c2)n(-c2ccccc2)c2ccccc21.C[n+]1ccc(-c2ccc3c(-c4ccccc4)c4ccccc4c(-c4ccccc4)c3c2)cc1.C[n+]1ccn(-c2ccc(-c3c4ccccc4c(-c4ccccc4)c4ccccc34)cc2)c1.C[n+]1ccn(-c2ccc3c(-c4ccccc4)c4ccccc4c(-c4ccccc4)c3c2)c1. The molecule has 7 heteroatoms. The molecule has 0 saturated carbocycles. The molecule has 0 saturated heterocycles. The van der Waals surface area contributed by atoms with Crippen LogP contribution in [0.15, 0.2) is 529 Å². The van der Waals surface area contributed by atoms with Crippen molar-refractivity contribution in [2.45, 2.75) is 7.43 Å². The minimum Gasteiger partial charge on any atom is -0.239 e. The van der Waals surface area contributed by atoms with Gasteiger partial charge in [0.1, 0.15) is 48.9 Å². The molecular weight excluding hydrogens is 1700 g/mol. The Labute approximate surface area is 816 Å². The van der Waals surface area contributed by atoms with Gasteiger partial charge in [0, 0.05) is 12.1 Å². The van der Waals surface area contributed by atoms with Crippen LogP contribution in [0.25, 0.3) is 226 Å². The number of rotatable bonds is 13. The lowest BCUT2D eigenvalue weighted by Crippen LogP contribution is -2.30. The van der Waals surface area contributed by atoms with E-state index >= 15 is 0 Å². The number of imidazole rings is 3. The third-order valence-corrected chi connectivity index (χ3v) is 27.3. The number of aromatic nitrogens is 7. The van der Waals surface area contributed by atoms with Crippen LogP contribution < -0.4 is 18.3 Å². The van der Waals surface area contributed by atoms with Gasteiger partial charge in [0.2, 0.25) is 12.7 Å². The molecule has 22 aromatic carbocycles. The highest BCUT2D eigenvalue weighted by Gasteiger charge is 2.29. The third-order valence-electron chi connectivity index (χ3n) is 27.3. The maximum atomic E-state index is 2.41. The Morgan fingerprint density at radius 2 is 0.421 bits per heavy atom. The second-order valence-corrected chi connectivity index (χ2v) is 35.9. The fraction of sp³-hybridized carbons (Fsp3) is 0.0376. The average Bonchev–Trinajstić information content (AvgIpc) is 0.946. The number of hydrogen-bond acceptors (Lipinski definition) is 0. The number of hydrogen-bond donors (Lipinski definition) is 0. The van der Waals surface area contributed by atoms with E-state index in [4.69, 9.17) is 0 Å². The Morgan fingerprint density at radius 3 is 0.757 bits per heavy atom. The van der Waals surface area contributed by atoms with Crippen LogP contribution in [0, 0.1) is 0 Å². The van der Waals surface area contributed by atoms with Crippen LogP contribution in [0.3, 0.4) is 0 Å². The summed E-state index contributed by atoms with van der Waals surface area (Å²) in [6, 6.07) is 173. The quantitative estimate of drug-likeness (QED) is 0.0814. The zero-order valence-electron chi connectivity index (χ0n) is 77.9. The first-order valence-corrected chi connectivity index (χ1v) is 47.6. The standard InChI is InChI=1S/C40H29N2.C32H24N.2C30H23N2.CH4/c1-41-36-23-13-14-24-37(36)42(31-19-9-4-10-20-31)40(41)30-25-26-34-35(27-30)39(29-17-7-3-8-18-29)33-22-12-11-21-32(33)38(34)28-15-5-2-6-16-28;1-33-20-18-23(19-21-33)26-16-17-29-30(22-26)32(25-12-6-3-7-13-25)28-15-9-8-14-27(28)31(29)24-10-4-2-5-11-24;1-31-18-19-32(21-31)24-16-17-27-28(20-24)30(23-12-6-3-7-13-23)26-15-9-8-14-25(26)29(27)22-10-4-2-5-11-22;1-31-19-20-32(21-31)24-17-15-23(16-18-24)30-27-13-7-5-11-25(27)29(22-9-3-2-4-10-22)26-12-6-8-14-28(26)30;/h2-27H,1H3;2-22H,1H3;2*2-21H,1H3;1H4/q4*+1;. The molecule has 0 bridgehead atoms. The van der Waals surface area contributed by atoms with Crippen LogP contribution in [-0.2, 0) is 28.2 Å². The zero-order chi connectivity index (χ0) is 93.2. The Kier molecular flexibility index (Phi) is 23.9. The lowest BCUT2D eigenvalue weighted by Gasteiger charge is -2.18. The van der Waals surface area contributed by atoms with E-state index in [9.17, 15) is 0 Å². The summed E-state index contributed by atoms with van der Waals surface area (Å²) < 4.78 is 15.2. The first-order chi connectivity index (χ1) is 68.7. The highest BCUT2D eigenvalue weighted by Crippen LogP contribution is 2.51.